The zero-order chi connectivity index (χ0) is 12.7. The second kappa shape index (κ2) is 7.01. The molecule has 0 atom stereocenters. The molecule has 0 aromatic carbocycles. The zero-order valence-corrected chi connectivity index (χ0v) is 10.7. The summed E-state index contributed by atoms with van der Waals surface area (Å²) in [6.07, 6.45) is 1.64. The number of ether oxygens (including phenoxy) is 1. The van der Waals surface area contributed by atoms with Gasteiger partial charge in [-0.1, -0.05) is 19.9 Å². The average molecular weight is 236 g/mol. The van der Waals surface area contributed by atoms with Crippen molar-refractivity contribution in [2.24, 2.45) is 5.92 Å². The van der Waals surface area contributed by atoms with Crippen LogP contribution in [0.3, 0.4) is 0 Å². The van der Waals surface area contributed by atoms with Crippen molar-refractivity contribution < 1.29 is 9.53 Å². The van der Waals surface area contributed by atoms with Crippen molar-refractivity contribution in [3.63, 3.8) is 0 Å². The normalized spacial score (nSPS) is 10.6. The molecule has 1 heterocycles. The molecule has 0 radical (unpaired) electrons. The molecule has 0 aliphatic carbocycles. The van der Waals surface area contributed by atoms with Gasteiger partial charge in [0.2, 0.25) is 0 Å². The third kappa shape index (κ3) is 4.53. The van der Waals surface area contributed by atoms with Crippen molar-refractivity contribution in [2.45, 2.75) is 13.8 Å². The molecule has 94 valence electrons. The number of aromatic nitrogens is 1. The molecule has 0 saturated carbocycles. The highest BCUT2D eigenvalue weighted by Gasteiger charge is 2.17. The minimum Gasteiger partial charge on any atom is -0.383 e. The van der Waals surface area contributed by atoms with Gasteiger partial charge < -0.3 is 9.64 Å². The molecule has 17 heavy (non-hydrogen) atoms. The van der Waals surface area contributed by atoms with Crippen LogP contribution in [0.1, 0.15) is 24.3 Å². The second-order valence-electron chi connectivity index (χ2n) is 4.35. The number of rotatable bonds is 6. The van der Waals surface area contributed by atoms with Crippen molar-refractivity contribution in [1.82, 2.24) is 9.88 Å². The lowest BCUT2D eigenvalue weighted by molar-refractivity contribution is 0.0666. The van der Waals surface area contributed by atoms with Crippen LogP contribution in [0.15, 0.2) is 24.4 Å². The Morgan fingerprint density at radius 3 is 2.76 bits per heavy atom. The first-order chi connectivity index (χ1) is 8.15. The van der Waals surface area contributed by atoms with Crippen LogP contribution in [-0.2, 0) is 4.74 Å². The fraction of sp³-hybridized carbons (Fsp3) is 0.538. The Hall–Kier alpha value is -1.42. The number of pyridine rings is 1. The van der Waals surface area contributed by atoms with Crippen molar-refractivity contribution in [3.05, 3.63) is 30.1 Å². The highest BCUT2D eigenvalue weighted by atomic mass is 16.5. The summed E-state index contributed by atoms with van der Waals surface area (Å²) in [5.74, 6) is 0.399. The summed E-state index contributed by atoms with van der Waals surface area (Å²) < 4.78 is 5.03. The van der Waals surface area contributed by atoms with Crippen molar-refractivity contribution in [3.8, 4) is 0 Å². The van der Waals surface area contributed by atoms with Crippen molar-refractivity contribution >= 4 is 5.91 Å². The van der Waals surface area contributed by atoms with Crippen LogP contribution in [0, 0.1) is 5.92 Å². The lowest BCUT2D eigenvalue weighted by Crippen LogP contribution is -2.37. The van der Waals surface area contributed by atoms with Crippen molar-refractivity contribution in [1.29, 1.82) is 0 Å². The first-order valence-corrected chi connectivity index (χ1v) is 5.84. The summed E-state index contributed by atoms with van der Waals surface area (Å²) in [5, 5.41) is 0. The molecular weight excluding hydrogens is 216 g/mol. The first kappa shape index (κ1) is 13.6. The Balaban J connectivity index is 2.71. The molecule has 1 aromatic heterocycles. The fourth-order valence-electron chi connectivity index (χ4n) is 1.57. The van der Waals surface area contributed by atoms with Crippen molar-refractivity contribution in [2.75, 3.05) is 26.8 Å². The minimum absolute atomic E-state index is 0.0312. The summed E-state index contributed by atoms with van der Waals surface area (Å²) in [6.45, 7) is 6.05. The molecule has 1 amide bonds. The van der Waals surface area contributed by atoms with E-state index >= 15 is 0 Å². The summed E-state index contributed by atoms with van der Waals surface area (Å²) in [7, 11) is 1.64. The Kier molecular flexibility index (Phi) is 5.63. The molecule has 0 aliphatic rings. The lowest BCUT2D eigenvalue weighted by Gasteiger charge is -2.23. The number of hydrogen-bond donors (Lipinski definition) is 0. The van der Waals surface area contributed by atoms with E-state index in [1.807, 2.05) is 6.07 Å². The Morgan fingerprint density at radius 1 is 1.47 bits per heavy atom. The monoisotopic (exact) mass is 236 g/mol. The third-order valence-electron chi connectivity index (χ3n) is 2.32. The number of amides is 1. The fourth-order valence-corrected chi connectivity index (χ4v) is 1.57. The van der Waals surface area contributed by atoms with E-state index in [0.717, 1.165) is 6.54 Å². The van der Waals surface area contributed by atoms with E-state index in [1.54, 1.807) is 30.3 Å². The Bertz CT molecular complexity index is 339. The van der Waals surface area contributed by atoms with E-state index in [-0.39, 0.29) is 5.91 Å². The van der Waals surface area contributed by atoms with Gasteiger partial charge in [-0.2, -0.15) is 0 Å². The number of carbonyl (C=O) groups is 1. The molecule has 1 rings (SSSR count). The summed E-state index contributed by atoms with van der Waals surface area (Å²) in [6, 6.07) is 5.37. The Morgan fingerprint density at radius 2 is 2.24 bits per heavy atom. The van der Waals surface area contributed by atoms with Crippen LogP contribution in [0.4, 0.5) is 0 Å². The largest absolute Gasteiger partial charge is 0.383 e. The molecule has 4 nitrogen and oxygen atoms in total. The molecular formula is C13H20N2O2. The number of hydrogen-bond acceptors (Lipinski definition) is 3. The molecule has 0 fully saturated rings. The molecule has 4 heteroatoms. The molecule has 0 unspecified atom stereocenters. The van der Waals surface area contributed by atoms with Crippen LogP contribution < -0.4 is 0 Å². The topological polar surface area (TPSA) is 42.4 Å². The van der Waals surface area contributed by atoms with E-state index in [1.165, 1.54) is 0 Å². The van der Waals surface area contributed by atoms with Gasteiger partial charge in [-0.05, 0) is 18.1 Å². The molecule has 0 bridgehead atoms. The van der Waals surface area contributed by atoms with Gasteiger partial charge in [0.1, 0.15) is 5.69 Å². The summed E-state index contributed by atoms with van der Waals surface area (Å²) >= 11 is 0. The number of methoxy groups -OCH3 is 1. The molecule has 0 spiro atoms. The molecule has 1 aromatic rings. The van der Waals surface area contributed by atoms with Crippen LogP contribution in [0.25, 0.3) is 0 Å². The van der Waals surface area contributed by atoms with Gasteiger partial charge in [-0.15, -0.1) is 0 Å². The molecule has 0 aliphatic heterocycles. The predicted octanol–water partition coefficient (Wildman–Crippen LogP) is 1.83. The van der Waals surface area contributed by atoms with Gasteiger partial charge in [0.15, 0.2) is 0 Å². The minimum atomic E-state index is -0.0312. The highest BCUT2D eigenvalue weighted by Crippen LogP contribution is 2.05. The second-order valence-corrected chi connectivity index (χ2v) is 4.35. The Labute approximate surface area is 103 Å². The van der Waals surface area contributed by atoms with Crippen LogP contribution >= 0.6 is 0 Å². The maximum absolute atomic E-state index is 12.2. The SMILES string of the molecule is COCCN(CC(C)C)C(=O)c1ccccn1. The van der Waals surface area contributed by atoms with Gasteiger partial charge >= 0.3 is 0 Å². The van der Waals surface area contributed by atoms with Crippen LogP contribution in [0.2, 0.25) is 0 Å². The predicted molar refractivity (Wildman–Crippen MR) is 66.9 cm³/mol. The molecule has 0 saturated heterocycles. The standard InChI is InChI=1S/C13H20N2O2/c1-11(2)10-15(8-9-17-3)13(16)12-6-4-5-7-14-12/h4-7,11H,8-10H2,1-3H3. The van der Waals surface area contributed by atoms with E-state index in [9.17, 15) is 4.79 Å². The van der Waals surface area contributed by atoms with Crippen LogP contribution in [0.5, 0.6) is 0 Å². The van der Waals surface area contributed by atoms with E-state index in [0.29, 0.717) is 24.8 Å². The highest BCUT2D eigenvalue weighted by molar-refractivity contribution is 5.92. The third-order valence-corrected chi connectivity index (χ3v) is 2.32. The van der Waals surface area contributed by atoms with Gasteiger partial charge in [0, 0.05) is 26.4 Å². The zero-order valence-electron chi connectivity index (χ0n) is 10.7. The van der Waals surface area contributed by atoms with Gasteiger partial charge in [-0.3, -0.25) is 9.78 Å². The lowest BCUT2D eigenvalue weighted by atomic mass is 10.2. The van der Waals surface area contributed by atoms with Crippen LogP contribution in [-0.4, -0.2) is 42.6 Å². The maximum Gasteiger partial charge on any atom is 0.272 e. The summed E-state index contributed by atoms with van der Waals surface area (Å²) in [5.41, 5.74) is 0.490. The van der Waals surface area contributed by atoms with E-state index < -0.39 is 0 Å². The average Bonchev–Trinajstić information content (AvgIpc) is 2.34. The quantitative estimate of drug-likeness (QED) is 0.756. The van der Waals surface area contributed by atoms with E-state index in [2.05, 4.69) is 18.8 Å². The maximum atomic E-state index is 12.2. The van der Waals surface area contributed by atoms with Gasteiger partial charge in [0.25, 0.3) is 5.91 Å². The number of carbonyl (C=O) groups excluding carboxylic acids is 1. The van der Waals surface area contributed by atoms with Gasteiger partial charge in [0.05, 0.1) is 6.61 Å². The number of nitrogens with zero attached hydrogens (tertiary/aromatic N) is 2. The van der Waals surface area contributed by atoms with E-state index in [4.69, 9.17) is 4.74 Å². The van der Waals surface area contributed by atoms with Gasteiger partial charge in [-0.25, -0.2) is 0 Å². The first-order valence-electron chi connectivity index (χ1n) is 5.84. The smallest absolute Gasteiger partial charge is 0.272 e. The molecule has 0 N–H and O–H groups in total. The summed E-state index contributed by atoms with van der Waals surface area (Å²) in [4.78, 5) is 18.1.